The van der Waals surface area contributed by atoms with E-state index < -0.39 is 0 Å². The minimum Gasteiger partial charge on any atom is -0.346 e. The predicted molar refractivity (Wildman–Crippen MR) is 93.4 cm³/mol. The van der Waals surface area contributed by atoms with Crippen LogP contribution in [0.15, 0.2) is 24.7 Å². The number of amides is 1. The van der Waals surface area contributed by atoms with E-state index in [4.69, 9.17) is 11.6 Å². The molecular formula is C16H20ClN7O. The molecular weight excluding hydrogens is 342 g/mol. The third-order valence-corrected chi connectivity index (χ3v) is 4.46. The molecule has 8 nitrogen and oxygen atoms in total. The van der Waals surface area contributed by atoms with Gasteiger partial charge in [-0.15, -0.1) is 0 Å². The molecule has 3 heterocycles. The monoisotopic (exact) mass is 361 g/mol. The number of halogens is 1. The van der Waals surface area contributed by atoms with Crippen LogP contribution in [0.2, 0.25) is 5.02 Å². The number of aromatic nitrogens is 6. The van der Waals surface area contributed by atoms with Crippen LogP contribution >= 0.6 is 11.6 Å². The van der Waals surface area contributed by atoms with Crippen molar-refractivity contribution in [1.29, 1.82) is 0 Å². The summed E-state index contributed by atoms with van der Waals surface area (Å²) < 4.78 is 5.22. The molecule has 0 saturated heterocycles. The molecule has 3 aromatic rings. The lowest BCUT2D eigenvalue weighted by Gasteiger charge is -2.04. The van der Waals surface area contributed by atoms with E-state index in [2.05, 4.69) is 20.6 Å². The van der Waals surface area contributed by atoms with Crippen LogP contribution < -0.4 is 5.32 Å². The highest BCUT2D eigenvalue weighted by Crippen LogP contribution is 2.18. The van der Waals surface area contributed by atoms with Crippen LogP contribution in [0.4, 0.5) is 0 Å². The highest BCUT2D eigenvalue weighted by molar-refractivity contribution is 6.31. The van der Waals surface area contributed by atoms with Gasteiger partial charge in [0.15, 0.2) is 0 Å². The maximum Gasteiger partial charge on any atom is 0.272 e. The normalized spacial score (nSPS) is 11.0. The summed E-state index contributed by atoms with van der Waals surface area (Å²) in [5, 5.41) is 16.3. The molecule has 9 heteroatoms. The summed E-state index contributed by atoms with van der Waals surface area (Å²) in [6.07, 6.45) is 5.40. The first-order chi connectivity index (χ1) is 12.0. The summed E-state index contributed by atoms with van der Waals surface area (Å²) in [6.45, 7) is 7.38. The number of rotatable bonds is 6. The molecule has 0 aliphatic heterocycles. The number of nitrogens with zero attached hydrogens (tertiary/aromatic N) is 6. The maximum absolute atomic E-state index is 12.2. The van der Waals surface area contributed by atoms with Crippen molar-refractivity contribution in [1.82, 2.24) is 34.7 Å². The van der Waals surface area contributed by atoms with E-state index >= 15 is 0 Å². The van der Waals surface area contributed by atoms with Crippen molar-refractivity contribution in [2.45, 2.75) is 40.5 Å². The molecule has 3 rings (SSSR count). The Kier molecular flexibility index (Phi) is 4.89. The summed E-state index contributed by atoms with van der Waals surface area (Å²) in [7, 11) is 0. The van der Waals surface area contributed by atoms with Gasteiger partial charge in [0.1, 0.15) is 12.4 Å². The minimum absolute atomic E-state index is 0.227. The first kappa shape index (κ1) is 17.2. The van der Waals surface area contributed by atoms with Crippen LogP contribution in [-0.4, -0.2) is 35.2 Å². The van der Waals surface area contributed by atoms with Crippen molar-refractivity contribution in [2.75, 3.05) is 0 Å². The van der Waals surface area contributed by atoms with Gasteiger partial charge in [-0.25, -0.2) is 4.68 Å². The Morgan fingerprint density at radius 2 is 2.08 bits per heavy atom. The molecule has 0 aromatic carbocycles. The first-order valence-corrected chi connectivity index (χ1v) is 8.38. The Bertz CT molecular complexity index is 892. The molecule has 0 radical (unpaired) electrons. The van der Waals surface area contributed by atoms with E-state index in [1.54, 1.807) is 27.8 Å². The van der Waals surface area contributed by atoms with Gasteiger partial charge in [0.25, 0.3) is 5.91 Å². The van der Waals surface area contributed by atoms with Gasteiger partial charge in [-0.2, -0.15) is 15.3 Å². The van der Waals surface area contributed by atoms with Gasteiger partial charge in [0.2, 0.25) is 0 Å². The quantitative estimate of drug-likeness (QED) is 0.728. The van der Waals surface area contributed by atoms with Gasteiger partial charge in [0.05, 0.1) is 22.6 Å². The fourth-order valence-electron chi connectivity index (χ4n) is 2.46. The van der Waals surface area contributed by atoms with E-state index in [9.17, 15) is 4.79 Å². The topological polar surface area (TPSA) is 82.6 Å². The van der Waals surface area contributed by atoms with Crippen LogP contribution in [0.1, 0.15) is 34.4 Å². The van der Waals surface area contributed by atoms with Crippen LogP contribution in [-0.2, 0) is 19.8 Å². The van der Waals surface area contributed by atoms with Gasteiger partial charge >= 0.3 is 0 Å². The SMILES string of the molecule is CCn1cc(CNC(=O)c2ccn(Cn3nc(C)c(Cl)c3C)n2)cn1. The smallest absolute Gasteiger partial charge is 0.272 e. The second-order valence-corrected chi connectivity index (χ2v) is 6.13. The van der Waals surface area contributed by atoms with Crippen LogP contribution in [0.5, 0.6) is 0 Å². The lowest BCUT2D eigenvalue weighted by Crippen LogP contribution is -2.23. The van der Waals surface area contributed by atoms with Crippen molar-refractivity contribution < 1.29 is 4.79 Å². The Morgan fingerprint density at radius 1 is 1.28 bits per heavy atom. The third kappa shape index (κ3) is 3.74. The molecule has 1 N–H and O–H groups in total. The van der Waals surface area contributed by atoms with Crippen molar-refractivity contribution in [3.8, 4) is 0 Å². The zero-order chi connectivity index (χ0) is 18.0. The highest BCUT2D eigenvalue weighted by Gasteiger charge is 2.12. The van der Waals surface area contributed by atoms with Gasteiger partial charge < -0.3 is 5.32 Å². The zero-order valence-electron chi connectivity index (χ0n) is 14.4. The van der Waals surface area contributed by atoms with E-state index in [-0.39, 0.29) is 5.91 Å². The fourth-order valence-corrected chi connectivity index (χ4v) is 2.59. The molecule has 0 aliphatic rings. The van der Waals surface area contributed by atoms with Crippen molar-refractivity contribution in [3.63, 3.8) is 0 Å². The molecule has 0 fully saturated rings. The Hall–Kier alpha value is -2.61. The lowest BCUT2D eigenvalue weighted by atomic mass is 10.3. The average Bonchev–Trinajstić information content (AvgIpc) is 3.31. The number of hydrogen-bond donors (Lipinski definition) is 1. The molecule has 0 unspecified atom stereocenters. The largest absolute Gasteiger partial charge is 0.346 e. The van der Waals surface area contributed by atoms with Crippen molar-refractivity contribution in [2.24, 2.45) is 0 Å². The predicted octanol–water partition coefficient (Wildman–Crippen LogP) is 2.00. The molecule has 3 aromatic heterocycles. The van der Waals surface area contributed by atoms with E-state index in [1.165, 1.54) is 0 Å². The summed E-state index contributed by atoms with van der Waals surface area (Å²) in [6, 6.07) is 1.68. The first-order valence-electron chi connectivity index (χ1n) is 8.00. The number of carbonyl (C=O) groups is 1. The second kappa shape index (κ2) is 7.10. The van der Waals surface area contributed by atoms with Crippen LogP contribution in [0, 0.1) is 13.8 Å². The Labute approximate surface area is 150 Å². The maximum atomic E-state index is 12.2. The van der Waals surface area contributed by atoms with Crippen molar-refractivity contribution in [3.05, 3.63) is 52.3 Å². The minimum atomic E-state index is -0.227. The molecule has 0 spiro atoms. The number of carbonyl (C=O) groups excluding carboxylic acids is 1. The van der Waals surface area contributed by atoms with E-state index in [0.717, 1.165) is 23.5 Å². The molecule has 0 atom stereocenters. The van der Waals surface area contributed by atoms with Crippen LogP contribution in [0.25, 0.3) is 0 Å². The van der Waals surface area contributed by atoms with Crippen molar-refractivity contribution >= 4 is 17.5 Å². The summed E-state index contributed by atoms with van der Waals surface area (Å²) in [5.41, 5.74) is 2.95. The average molecular weight is 362 g/mol. The van der Waals surface area contributed by atoms with Gasteiger partial charge in [0, 0.05) is 31.0 Å². The van der Waals surface area contributed by atoms with E-state index in [0.29, 0.717) is 23.9 Å². The third-order valence-electron chi connectivity index (χ3n) is 3.91. The Morgan fingerprint density at radius 3 is 2.72 bits per heavy atom. The molecule has 132 valence electrons. The zero-order valence-corrected chi connectivity index (χ0v) is 15.2. The standard InChI is InChI=1S/C16H20ClN7O/c1-4-22-9-13(8-19-22)7-18-16(25)14-5-6-23(21-14)10-24-12(3)15(17)11(2)20-24/h5-6,8-9H,4,7,10H2,1-3H3,(H,18,25). The Balaban J connectivity index is 1.62. The number of hydrogen-bond acceptors (Lipinski definition) is 4. The lowest BCUT2D eigenvalue weighted by molar-refractivity contribution is 0.0945. The summed E-state index contributed by atoms with van der Waals surface area (Å²) in [5.74, 6) is -0.227. The fraction of sp³-hybridized carbons (Fsp3) is 0.375. The second-order valence-electron chi connectivity index (χ2n) is 5.75. The van der Waals surface area contributed by atoms with Crippen LogP contribution in [0.3, 0.4) is 0 Å². The van der Waals surface area contributed by atoms with E-state index in [1.807, 2.05) is 31.6 Å². The van der Waals surface area contributed by atoms with Gasteiger partial charge in [-0.1, -0.05) is 11.6 Å². The van der Waals surface area contributed by atoms with Gasteiger partial charge in [-0.05, 0) is 26.8 Å². The highest BCUT2D eigenvalue weighted by atomic mass is 35.5. The molecule has 0 saturated carbocycles. The number of aryl methyl sites for hydroxylation is 2. The molecule has 1 amide bonds. The summed E-state index contributed by atoms with van der Waals surface area (Å²) in [4.78, 5) is 12.2. The molecule has 25 heavy (non-hydrogen) atoms. The molecule has 0 aliphatic carbocycles. The summed E-state index contributed by atoms with van der Waals surface area (Å²) >= 11 is 6.15. The molecule has 0 bridgehead atoms. The number of nitrogens with one attached hydrogen (secondary N) is 1. The van der Waals surface area contributed by atoms with Gasteiger partial charge in [-0.3, -0.25) is 14.2 Å².